The van der Waals surface area contributed by atoms with Crippen LogP contribution in [0, 0.1) is 11.3 Å². The Hall–Kier alpha value is -3.00. The second kappa shape index (κ2) is 10.1. The van der Waals surface area contributed by atoms with Gasteiger partial charge in [-0.05, 0) is 38.0 Å². The van der Waals surface area contributed by atoms with Gasteiger partial charge in [-0.15, -0.1) is 11.3 Å². The molecular formula is C24H28N4O5S. The van der Waals surface area contributed by atoms with Crippen LogP contribution in [0.15, 0.2) is 24.4 Å². The van der Waals surface area contributed by atoms with Crippen molar-refractivity contribution in [3.05, 3.63) is 46.1 Å². The minimum Gasteiger partial charge on any atom is -0.447 e. The van der Waals surface area contributed by atoms with Crippen LogP contribution in [0.4, 0.5) is 9.80 Å². The van der Waals surface area contributed by atoms with Crippen LogP contribution in [0.2, 0.25) is 0 Å². The van der Waals surface area contributed by atoms with E-state index < -0.39 is 11.9 Å². The van der Waals surface area contributed by atoms with Crippen molar-refractivity contribution >= 4 is 28.3 Å². The van der Waals surface area contributed by atoms with Gasteiger partial charge in [0.15, 0.2) is 5.79 Å². The Morgan fingerprint density at radius 3 is 2.94 bits per heavy atom. The molecule has 0 bridgehead atoms. The van der Waals surface area contributed by atoms with E-state index in [2.05, 4.69) is 16.4 Å². The van der Waals surface area contributed by atoms with Gasteiger partial charge in [0.2, 0.25) is 5.91 Å². The molecule has 2 aromatic heterocycles. The van der Waals surface area contributed by atoms with E-state index in [1.165, 1.54) is 11.3 Å². The molecule has 0 aliphatic carbocycles. The molecule has 2 aliphatic rings. The lowest BCUT2D eigenvalue weighted by Crippen LogP contribution is -2.37. The number of rotatable bonds is 6. The second-order valence-corrected chi connectivity index (χ2v) is 10.0. The number of fused-ring (bicyclic) bond motifs is 1. The standard InChI is InChI=1S/C24H28N4O5S/c1-15(19-6-4-5-8-26-19)10-21(29)27-22-18(11-25)17-7-9-28(12-20(17)34-22)23(30)31-13-16-14-32-24(2,3)33-16/h4-6,8,15-16H,7,9-10,12-14H2,1-3H3,(H,27,29). The molecule has 180 valence electrons. The third kappa shape index (κ3) is 5.55. The van der Waals surface area contributed by atoms with Crippen LogP contribution in [0.25, 0.3) is 0 Å². The quantitative estimate of drug-likeness (QED) is 0.663. The molecule has 2 atom stereocenters. The first-order valence-electron chi connectivity index (χ1n) is 11.2. The molecule has 2 aliphatic heterocycles. The van der Waals surface area contributed by atoms with Gasteiger partial charge in [0.25, 0.3) is 0 Å². The summed E-state index contributed by atoms with van der Waals surface area (Å²) >= 11 is 1.34. The number of pyridine rings is 1. The maximum absolute atomic E-state index is 12.7. The molecule has 1 saturated heterocycles. The van der Waals surface area contributed by atoms with Crippen molar-refractivity contribution in [2.75, 3.05) is 25.1 Å². The Kier molecular flexibility index (Phi) is 7.16. The molecule has 0 radical (unpaired) electrons. The van der Waals surface area contributed by atoms with Gasteiger partial charge in [-0.2, -0.15) is 5.26 Å². The van der Waals surface area contributed by atoms with Crippen molar-refractivity contribution in [1.82, 2.24) is 9.88 Å². The summed E-state index contributed by atoms with van der Waals surface area (Å²) in [6.07, 6.45) is 1.77. The van der Waals surface area contributed by atoms with Crippen molar-refractivity contribution < 1.29 is 23.8 Å². The Labute approximate surface area is 202 Å². The number of nitrogens with one attached hydrogen (secondary N) is 1. The summed E-state index contributed by atoms with van der Waals surface area (Å²) in [6, 6.07) is 7.85. The van der Waals surface area contributed by atoms with Crippen LogP contribution in [-0.2, 0) is 32.0 Å². The third-order valence-electron chi connectivity index (χ3n) is 5.82. The number of nitrogens with zero attached hydrogens (tertiary/aromatic N) is 3. The molecule has 34 heavy (non-hydrogen) atoms. The summed E-state index contributed by atoms with van der Waals surface area (Å²) in [6.45, 7) is 6.86. The minimum atomic E-state index is -0.669. The van der Waals surface area contributed by atoms with Crippen LogP contribution in [0.5, 0.6) is 0 Å². The Balaban J connectivity index is 1.35. The number of carbonyl (C=O) groups excluding carboxylic acids is 2. The summed E-state index contributed by atoms with van der Waals surface area (Å²) in [7, 11) is 0. The number of ether oxygens (including phenoxy) is 3. The highest BCUT2D eigenvalue weighted by Gasteiger charge is 2.34. The first kappa shape index (κ1) is 24.1. The van der Waals surface area contributed by atoms with Crippen LogP contribution < -0.4 is 5.32 Å². The van der Waals surface area contributed by atoms with Crippen molar-refractivity contribution in [2.24, 2.45) is 0 Å². The van der Waals surface area contributed by atoms with Gasteiger partial charge in [0.05, 0.1) is 18.7 Å². The van der Waals surface area contributed by atoms with Crippen molar-refractivity contribution in [1.29, 1.82) is 5.26 Å². The van der Waals surface area contributed by atoms with Crippen molar-refractivity contribution in [3.63, 3.8) is 0 Å². The molecule has 10 heteroatoms. The van der Waals surface area contributed by atoms with Gasteiger partial charge in [0, 0.05) is 35.7 Å². The largest absolute Gasteiger partial charge is 0.447 e. The molecule has 0 spiro atoms. The molecule has 0 saturated carbocycles. The summed E-state index contributed by atoms with van der Waals surface area (Å²) in [5.41, 5.74) is 2.21. The van der Waals surface area contributed by atoms with Gasteiger partial charge in [0.1, 0.15) is 23.8 Å². The van der Waals surface area contributed by atoms with Gasteiger partial charge in [-0.3, -0.25) is 9.78 Å². The summed E-state index contributed by atoms with van der Waals surface area (Å²) in [4.78, 5) is 32.0. The van der Waals surface area contributed by atoms with Crippen molar-refractivity contribution in [2.45, 2.75) is 58.0 Å². The van der Waals surface area contributed by atoms with E-state index in [0.717, 1.165) is 16.1 Å². The SMILES string of the molecule is CC(CC(=O)Nc1sc2c(c1C#N)CCN(C(=O)OCC1COC(C)(C)O1)C2)c1ccccn1. The van der Waals surface area contributed by atoms with Crippen molar-refractivity contribution in [3.8, 4) is 6.07 Å². The van der Waals surface area contributed by atoms with E-state index >= 15 is 0 Å². The number of aromatic nitrogens is 1. The zero-order valence-electron chi connectivity index (χ0n) is 19.5. The second-order valence-electron chi connectivity index (χ2n) is 8.93. The fourth-order valence-corrected chi connectivity index (χ4v) is 5.32. The van der Waals surface area contributed by atoms with Crippen LogP contribution >= 0.6 is 11.3 Å². The average Bonchev–Trinajstić information content (AvgIpc) is 3.35. The molecular weight excluding hydrogens is 456 g/mol. The molecule has 2 amide bonds. The van der Waals surface area contributed by atoms with E-state index in [9.17, 15) is 14.9 Å². The average molecular weight is 485 g/mol. The fourth-order valence-electron chi connectivity index (χ4n) is 4.09. The number of anilines is 1. The Morgan fingerprint density at radius 1 is 1.44 bits per heavy atom. The van der Waals surface area contributed by atoms with E-state index in [1.807, 2.05) is 39.0 Å². The van der Waals surface area contributed by atoms with Gasteiger partial charge < -0.3 is 24.4 Å². The molecule has 1 fully saturated rings. The molecule has 2 aromatic rings. The molecule has 4 rings (SSSR count). The Morgan fingerprint density at radius 2 is 2.26 bits per heavy atom. The van der Waals surface area contributed by atoms with Gasteiger partial charge in [-0.1, -0.05) is 13.0 Å². The molecule has 1 N–H and O–H groups in total. The van der Waals surface area contributed by atoms with E-state index in [1.54, 1.807) is 11.1 Å². The fraction of sp³-hybridized carbons (Fsp3) is 0.500. The van der Waals surface area contributed by atoms with Crippen LogP contribution in [0.3, 0.4) is 0 Å². The number of amides is 2. The van der Waals surface area contributed by atoms with Crippen LogP contribution in [-0.4, -0.2) is 53.5 Å². The number of hydrogen-bond donors (Lipinski definition) is 1. The van der Waals surface area contributed by atoms with E-state index in [-0.39, 0.29) is 31.0 Å². The highest BCUT2D eigenvalue weighted by atomic mass is 32.1. The third-order valence-corrected chi connectivity index (χ3v) is 6.96. The van der Waals surface area contributed by atoms with Crippen LogP contribution in [0.1, 0.15) is 54.8 Å². The zero-order valence-corrected chi connectivity index (χ0v) is 20.3. The molecule has 2 unspecified atom stereocenters. The van der Waals surface area contributed by atoms with Gasteiger partial charge >= 0.3 is 6.09 Å². The number of nitriles is 1. The summed E-state index contributed by atoms with van der Waals surface area (Å²) in [5.74, 6) is -0.893. The zero-order chi connectivity index (χ0) is 24.3. The number of carbonyl (C=O) groups is 2. The van der Waals surface area contributed by atoms with Gasteiger partial charge in [-0.25, -0.2) is 4.79 Å². The first-order valence-corrected chi connectivity index (χ1v) is 12.1. The maximum Gasteiger partial charge on any atom is 0.410 e. The number of thiophene rings is 1. The molecule has 9 nitrogen and oxygen atoms in total. The maximum atomic E-state index is 12.7. The predicted molar refractivity (Wildman–Crippen MR) is 125 cm³/mol. The molecule has 4 heterocycles. The number of hydrogen-bond acceptors (Lipinski definition) is 8. The lowest BCUT2D eigenvalue weighted by Gasteiger charge is -2.26. The minimum absolute atomic E-state index is 0.0496. The lowest BCUT2D eigenvalue weighted by atomic mass is 10.0. The van der Waals surface area contributed by atoms with E-state index in [0.29, 0.717) is 36.7 Å². The highest BCUT2D eigenvalue weighted by molar-refractivity contribution is 7.16. The highest BCUT2D eigenvalue weighted by Crippen LogP contribution is 2.37. The molecule has 0 aromatic carbocycles. The normalized spacial score (nSPS) is 19.7. The first-order chi connectivity index (χ1) is 16.3. The van der Waals surface area contributed by atoms with E-state index in [4.69, 9.17) is 14.2 Å². The summed E-state index contributed by atoms with van der Waals surface area (Å²) < 4.78 is 16.6. The lowest BCUT2D eigenvalue weighted by molar-refractivity contribution is -0.143. The monoisotopic (exact) mass is 484 g/mol. The predicted octanol–water partition coefficient (Wildman–Crippen LogP) is 3.79. The Bertz CT molecular complexity index is 1090. The topological polar surface area (TPSA) is 114 Å². The smallest absolute Gasteiger partial charge is 0.410 e. The summed E-state index contributed by atoms with van der Waals surface area (Å²) in [5, 5.41) is 13.1.